The first kappa shape index (κ1) is 19.8. The topological polar surface area (TPSA) is 59.5 Å². The van der Waals surface area contributed by atoms with Crippen molar-refractivity contribution in [1.82, 2.24) is 9.88 Å². The molecule has 0 N–H and O–H groups in total. The number of nitrogens with zero attached hydrogens (tertiary/aromatic N) is 2. The zero-order valence-electron chi connectivity index (χ0n) is 17.0. The molecule has 1 fully saturated rings. The Hall–Kier alpha value is -3.47. The second kappa shape index (κ2) is 8.91. The maximum absolute atomic E-state index is 12.7. The maximum atomic E-state index is 12.7. The number of pyridine rings is 1. The van der Waals surface area contributed by atoms with Gasteiger partial charge in [-0.25, -0.2) is 4.98 Å². The van der Waals surface area contributed by atoms with Gasteiger partial charge in [0, 0.05) is 36.0 Å². The van der Waals surface area contributed by atoms with Crippen molar-refractivity contribution in [2.45, 2.75) is 12.8 Å². The molecule has 2 heterocycles. The number of carbonyl (C=O) groups is 2. The number of amides is 1. The van der Waals surface area contributed by atoms with Gasteiger partial charge in [-0.05, 0) is 55.3 Å². The number of rotatable bonds is 5. The number of benzene rings is 2. The third kappa shape index (κ3) is 4.40. The molecular formula is C25H24N2O3. The zero-order chi connectivity index (χ0) is 20.9. The predicted molar refractivity (Wildman–Crippen MR) is 117 cm³/mol. The molecule has 5 heteroatoms. The minimum absolute atomic E-state index is 0.0414. The molecule has 1 aromatic heterocycles. The fourth-order valence-electron chi connectivity index (χ4n) is 3.79. The first-order valence-corrected chi connectivity index (χ1v) is 10.1. The largest absolute Gasteiger partial charge is 0.497 e. The lowest BCUT2D eigenvalue weighted by atomic mass is 9.89. The SMILES string of the molecule is COc1ccc(C(=O)C2CCN(C(=O)/C=C/c3ccc4ccccc4n3)CC2)cc1. The molecule has 5 nitrogen and oxygen atoms in total. The fraction of sp³-hybridized carbons (Fsp3) is 0.240. The predicted octanol–water partition coefficient (Wildman–Crippen LogP) is 4.38. The van der Waals surface area contributed by atoms with Gasteiger partial charge in [-0.15, -0.1) is 0 Å². The van der Waals surface area contributed by atoms with E-state index in [2.05, 4.69) is 4.98 Å². The number of ketones is 1. The third-order valence-electron chi connectivity index (χ3n) is 5.57. The van der Waals surface area contributed by atoms with Gasteiger partial charge >= 0.3 is 0 Å². The Balaban J connectivity index is 1.34. The number of hydrogen-bond acceptors (Lipinski definition) is 4. The highest BCUT2D eigenvalue weighted by Gasteiger charge is 2.27. The summed E-state index contributed by atoms with van der Waals surface area (Å²) < 4.78 is 5.14. The standard InChI is InChI=1S/C25H24N2O3/c1-30-22-11-7-19(8-12-22)25(29)20-14-16-27(17-15-20)24(28)13-10-21-9-6-18-4-2-3-5-23(18)26-21/h2-13,20H,14-17H2,1H3/b13-10+. The number of ether oxygens (including phenoxy) is 1. The van der Waals surface area contributed by atoms with Crippen molar-refractivity contribution in [2.75, 3.05) is 20.2 Å². The summed E-state index contributed by atoms with van der Waals surface area (Å²) in [5, 5.41) is 1.07. The summed E-state index contributed by atoms with van der Waals surface area (Å²) in [6.07, 6.45) is 4.68. The van der Waals surface area contributed by atoms with Crippen molar-refractivity contribution in [3.05, 3.63) is 78.0 Å². The smallest absolute Gasteiger partial charge is 0.246 e. The number of likely N-dealkylation sites (tertiary alicyclic amines) is 1. The first-order chi connectivity index (χ1) is 14.6. The third-order valence-corrected chi connectivity index (χ3v) is 5.57. The Morgan fingerprint density at radius 1 is 1.00 bits per heavy atom. The van der Waals surface area contributed by atoms with E-state index in [9.17, 15) is 9.59 Å². The van der Waals surface area contributed by atoms with Gasteiger partial charge in [0.2, 0.25) is 5.91 Å². The molecule has 0 bridgehead atoms. The van der Waals surface area contributed by atoms with Crippen molar-refractivity contribution < 1.29 is 14.3 Å². The van der Waals surface area contributed by atoms with Crippen LogP contribution in [0.1, 0.15) is 28.9 Å². The van der Waals surface area contributed by atoms with E-state index >= 15 is 0 Å². The molecule has 0 aliphatic carbocycles. The summed E-state index contributed by atoms with van der Waals surface area (Å²) in [7, 11) is 1.61. The molecule has 2 aromatic carbocycles. The zero-order valence-corrected chi connectivity index (χ0v) is 17.0. The summed E-state index contributed by atoms with van der Waals surface area (Å²) in [4.78, 5) is 31.7. The number of methoxy groups -OCH3 is 1. The Labute approximate surface area is 176 Å². The lowest BCUT2D eigenvalue weighted by Gasteiger charge is -2.30. The number of para-hydroxylation sites is 1. The second-order valence-electron chi connectivity index (χ2n) is 7.45. The lowest BCUT2D eigenvalue weighted by Crippen LogP contribution is -2.39. The monoisotopic (exact) mass is 400 g/mol. The molecule has 30 heavy (non-hydrogen) atoms. The quantitative estimate of drug-likeness (QED) is 0.471. The summed E-state index contributed by atoms with van der Waals surface area (Å²) in [5.41, 5.74) is 2.36. The van der Waals surface area contributed by atoms with Crippen molar-refractivity contribution in [3.8, 4) is 5.75 Å². The average Bonchev–Trinajstić information content (AvgIpc) is 2.82. The maximum Gasteiger partial charge on any atom is 0.246 e. The lowest BCUT2D eigenvalue weighted by molar-refractivity contribution is -0.127. The van der Waals surface area contributed by atoms with Crippen molar-refractivity contribution in [2.24, 2.45) is 5.92 Å². The molecule has 1 aliphatic heterocycles. The normalized spacial score (nSPS) is 14.9. The highest BCUT2D eigenvalue weighted by atomic mass is 16.5. The van der Waals surface area contributed by atoms with Crippen LogP contribution in [-0.4, -0.2) is 41.8 Å². The van der Waals surface area contributed by atoms with Gasteiger partial charge in [0.15, 0.2) is 5.78 Å². The van der Waals surface area contributed by atoms with E-state index in [4.69, 9.17) is 4.74 Å². The number of aromatic nitrogens is 1. The summed E-state index contributed by atoms with van der Waals surface area (Å²) in [5.74, 6) is 0.786. The minimum atomic E-state index is -0.0476. The van der Waals surface area contributed by atoms with Gasteiger partial charge in [0.1, 0.15) is 5.75 Å². The summed E-state index contributed by atoms with van der Waals surface area (Å²) in [6.45, 7) is 1.17. The highest BCUT2D eigenvalue weighted by Crippen LogP contribution is 2.23. The van der Waals surface area contributed by atoms with Crippen LogP contribution in [0.4, 0.5) is 0 Å². The fourth-order valence-corrected chi connectivity index (χ4v) is 3.79. The summed E-state index contributed by atoms with van der Waals surface area (Å²) >= 11 is 0. The number of hydrogen-bond donors (Lipinski definition) is 0. The molecule has 0 unspecified atom stereocenters. The van der Waals surface area contributed by atoms with E-state index in [-0.39, 0.29) is 17.6 Å². The number of piperidine rings is 1. The van der Waals surface area contributed by atoms with E-state index in [1.807, 2.05) is 36.4 Å². The summed E-state index contributed by atoms with van der Waals surface area (Å²) in [6, 6.07) is 19.0. The van der Waals surface area contributed by atoms with Gasteiger partial charge in [-0.2, -0.15) is 0 Å². The van der Waals surface area contributed by atoms with Gasteiger partial charge in [-0.3, -0.25) is 9.59 Å². The van der Waals surface area contributed by atoms with Crippen molar-refractivity contribution >= 4 is 28.7 Å². The first-order valence-electron chi connectivity index (χ1n) is 10.1. The molecule has 4 rings (SSSR count). The molecule has 0 atom stereocenters. The van der Waals surface area contributed by atoms with Crippen LogP contribution in [0.5, 0.6) is 5.75 Å². The van der Waals surface area contributed by atoms with E-state index in [0.717, 1.165) is 22.3 Å². The molecule has 0 saturated carbocycles. The van der Waals surface area contributed by atoms with Crippen LogP contribution >= 0.6 is 0 Å². The van der Waals surface area contributed by atoms with E-state index in [1.165, 1.54) is 0 Å². The second-order valence-corrected chi connectivity index (χ2v) is 7.45. The van der Waals surface area contributed by atoms with Gasteiger partial charge < -0.3 is 9.64 Å². The van der Waals surface area contributed by atoms with Crippen LogP contribution in [0.2, 0.25) is 0 Å². The average molecular weight is 400 g/mol. The molecule has 0 spiro atoms. The van der Waals surface area contributed by atoms with E-state index in [0.29, 0.717) is 31.5 Å². The van der Waals surface area contributed by atoms with Crippen molar-refractivity contribution in [3.63, 3.8) is 0 Å². The molecule has 152 valence electrons. The van der Waals surface area contributed by atoms with Crippen LogP contribution < -0.4 is 4.74 Å². The molecule has 1 saturated heterocycles. The molecular weight excluding hydrogens is 376 g/mol. The highest BCUT2D eigenvalue weighted by molar-refractivity contribution is 5.98. The van der Waals surface area contributed by atoms with Gasteiger partial charge in [0.25, 0.3) is 0 Å². The van der Waals surface area contributed by atoms with Gasteiger partial charge in [0.05, 0.1) is 18.3 Å². The van der Waals surface area contributed by atoms with Crippen LogP contribution in [0.25, 0.3) is 17.0 Å². The van der Waals surface area contributed by atoms with E-state index in [1.54, 1.807) is 48.4 Å². The number of carbonyl (C=O) groups excluding carboxylic acids is 2. The van der Waals surface area contributed by atoms with E-state index < -0.39 is 0 Å². The Morgan fingerprint density at radius 2 is 1.73 bits per heavy atom. The Morgan fingerprint density at radius 3 is 2.47 bits per heavy atom. The van der Waals surface area contributed by atoms with Gasteiger partial charge in [-0.1, -0.05) is 24.3 Å². The van der Waals surface area contributed by atoms with Crippen molar-refractivity contribution in [1.29, 1.82) is 0 Å². The molecule has 0 radical (unpaired) electrons. The number of fused-ring (bicyclic) bond motifs is 1. The molecule has 3 aromatic rings. The van der Waals surface area contributed by atoms with Crippen LogP contribution in [0, 0.1) is 5.92 Å². The van der Waals surface area contributed by atoms with Crippen LogP contribution in [0.3, 0.4) is 0 Å². The van der Waals surface area contributed by atoms with Crippen LogP contribution in [-0.2, 0) is 4.79 Å². The van der Waals surface area contributed by atoms with Crippen LogP contribution in [0.15, 0.2) is 66.7 Å². The molecule has 1 amide bonds. The molecule has 1 aliphatic rings. The Bertz CT molecular complexity index is 1080. The Kier molecular flexibility index (Phi) is 5.89. The minimum Gasteiger partial charge on any atom is -0.497 e. The number of Topliss-reactive ketones (excluding diaryl/α,β-unsaturated/α-hetero) is 1.